The Morgan fingerprint density at radius 2 is 2.20 bits per heavy atom. The third kappa shape index (κ3) is 6.47. The molecule has 0 fully saturated rings. The van der Waals surface area contributed by atoms with Crippen molar-refractivity contribution in [2.45, 2.75) is 38.8 Å². The van der Waals surface area contributed by atoms with E-state index in [9.17, 15) is 13.6 Å². The van der Waals surface area contributed by atoms with Crippen LogP contribution in [0.25, 0.3) is 0 Å². The van der Waals surface area contributed by atoms with Crippen LogP contribution in [0.2, 0.25) is 0 Å². The van der Waals surface area contributed by atoms with Gasteiger partial charge in [0, 0.05) is 12.6 Å². The Labute approximate surface area is 116 Å². The Kier molecular flexibility index (Phi) is 6.93. The summed E-state index contributed by atoms with van der Waals surface area (Å²) in [4.78, 5) is 11.8. The number of ether oxygens (including phenoxy) is 1. The molecule has 1 aromatic carbocycles. The molecule has 0 radical (unpaired) electrons. The molecule has 0 aliphatic rings. The van der Waals surface area contributed by atoms with Crippen LogP contribution in [-0.4, -0.2) is 30.3 Å². The van der Waals surface area contributed by atoms with Gasteiger partial charge in [-0.25, -0.2) is 0 Å². The number of aliphatic hydroxyl groups is 1. The number of aliphatic hydroxyl groups excluding tert-OH is 1. The molecule has 1 unspecified atom stereocenters. The van der Waals surface area contributed by atoms with Gasteiger partial charge in [0.1, 0.15) is 5.75 Å². The quantitative estimate of drug-likeness (QED) is 0.770. The highest BCUT2D eigenvalue weighted by Gasteiger charge is 2.10. The molecule has 4 nitrogen and oxygen atoms in total. The number of amides is 1. The number of carbonyl (C=O) groups excluding carboxylic acids is 1. The van der Waals surface area contributed by atoms with Crippen molar-refractivity contribution in [3.05, 3.63) is 29.8 Å². The molecule has 6 heteroatoms. The Bertz CT molecular complexity index is 427. The number of benzene rings is 1. The molecule has 20 heavy (non-hydrogen) atoms. The summed E-state index contributed by atoms with van der Waals surface area (Å²) in [6.07, 6.45) is 1.42. The van der Waals surface area contributed by atoms with Crippen LogP contribution in [0.4, 0.5) is 8.78 Å². The van der Waals surface area contributed by atoms with E-state index in [1.165, 1.54) is 12.1 Å². The van der Waals surface area contributed by atoms with Crippen LogP contribution in [0.5, 0.6) is 5.75 Å². The molecule has 0 saturated heterocycles. The smallest absolute Gasteiger partial charge is 0.387 e. The fourth-order valence-electron chi connectivity index (χ4n) is 1.81. The van der Waals surface area contributed by atoms with E-state index in [4.69, 9.17) is 5.11 Å². The normalized spacial score (nSPS) is 12.2. The van der Waals surface area contributed by atoms with Gasteiger partial charge in [0.05, 0.1) is 6.42 Å². The van der Waals surface area contributed by atoms with Crippen molar-refractivity contribution in [1.82, 2.24) is 5.32 Å². The largest absolute Gasteiger partial charge is 0.435 e. The van der Waals surface area contributed by atoms with Gasteiger partial charge in [0.2, 0.25) is 5.91 Å². The van der Waals surface area contributed by atoms with Crippen molar-refractivity contribution in [2.75, 3.05) is 6.61 Å². The molecule has 2 N–H and O–H groups in total. The minimum absolute atomic E-state index is 0.0323. The second-order valence-corrected chi connectivity index (χ2v) is 4.54. The minimum Gasteiger partial charge on any atom is -0.435 e. The molecule has 0 saturated carbocycles. The lowest BCUT2D eigenvalue weighted by Crippen LogP contribution is -2.33. The van der Waals surface area contributed by atoms with Crippen molar-refractivity contribution >= 4 is 5.91 Å². The number of hydrogen-bond donors (Lipinski definition) is 2. The van der Waals surface area contributed by atoms with Crippen molar-refractivity contribution in [1.29, 1.82) is 0 Å². The van der Waals surface area contributed by atoms with E-state index in [-0.39, 0.29) is 30.7 Å². The van der Waals surface area contributed by atoms with Crippen LogP contribution in [0.3, 0.4) is 0 Å². The molecule has 1 aromatic rings. The van der Waals surface area contributed by atoms with Crippen LogP contribution < -0.4 is 10.1 Å². The maximum absolute atomic E-state index is 12.1. The van der Waals surface area contributed by atoms with E-state index in [1.54, 1.807) is 12.1 Å². The van der Waals surface area contributed by atoms with Crippen molar-refractivity contribution in [2.24, 2.45) is 0 Å². The number of carbonyl (C=O) groups is 1. The SMILES string of the molecule is CC(CCCO)NC(=O)Cc1cccc(OC(F)F)c1. The molecule has 0 aliphatic heterocycles. The highest BCUT2D eigenvalue weighted by molar-refractivity contribution is 5.78. The van der Waals surface area contributed by atoms with Gasteiger partial charge in [-0.3, -0.25) is 4.79 Å². The molecule has 0 aromatic heterocycles. The number of halogens is 2. The first kappa shape index (κ1) is 16.4. The molecule has 1 amide bonds. The summed E-state index contributed by atoms with van der Waals surface area (Å²) in [5.74, 6) is -0.150. The summed E-state index contributed by atoms with van der Waals surface area (Å²) in [6.45, 7) is -0.936. The average Bonchev–Trinajstić information content (AvgIpc) is 2.35. The minimum atomic E-state index is -2.88. The lowest BCUT2D eigenvalue weighted by molar-refractivity contribution is -0.121. The van der Waals surface area contributed by atoms with Gasteiger partial charge in [-0.05, 0) is 37.5 Å². The van der Waals surface area contributed by atoms with Gasteiger partial charge in [-0.1, -0.05) is 12.1 Å². The number of alkyl halides is 2. The molecular weight excluding hydrogens is 268 g/mol. The average molecular weight is 287 g/mol. The predicted octanol–water partition coefficient (Wildman–Crippen LogP) is 2.11. The number of nitrogens with one attached hydrogen (secondary N) is 1. The summed E-state index contributed by atoms with van der Waals surface area (Å²) in [7, 11) is 0. The zero-order valence-corrected chi connectivity index (χ0v) is 11.3. The first-order valence-electron chi connectivity index (χ1n) is 6.45. The Morgan fingerprint density at radius 3 is 2.85 bits per heavy atom. The lowest BCUT2D eigenvalue weighted by atomic mass is 10.1. The molecule has 112 valence electrons. The van der Waals surface area contributed by atoms with Gasteiger partial charge < -0.3 is 15.2 Å². The summed E-state index contributed by atoms with van der Waals surface area (Å²) in [6, 6.07) is 6.04. The Hall–Kier alpha value is -1.69. The monoisotopic (exact) mass is 287 g/mol. The van der Waals surface area contributed by atoms with Gasteiger partial charge in [0.15, 0.2) is 0 Å². The van der Waals surface area contributed by atoms with E-state index in [2.05, 4.69) is 10.1 Å². The summed E-state index contributed by atoms with van der Waals surface area (Å²) in [5, 5.41) is 11.5. The van der Waals surface area contributed by atoms with E-state index in [0.717, 1.165) is 0 Å². The van der Waals surface area contributed by atoms with Gasteiger partial charge >= 0.3 is 6.61 Å². The maximum atomic E-state index is 12.1. The topological polar surface area (TPSA) is 58.6 Å². The number of hydrogen-bond acceptors (Lipinski definition) is 3. The molecule has 1 rings (SSSR count). The Balaban J connectivity index is 2.49. The van der Waals surface area contributed by atoms with Crippen LogP contribution in [0.1, 0.15) is 25.3 Å². The maximum Gasteiger partial charge on any atom is 0.387 e. The van der Waals surface area contributed by atoms with E-state index >= 15 is 0 Å². The first-order chi connectivity index (χ1) is 9.51. The van der Waals surface area contributed by atoms with Crippen molar-refractivity contribution in [3.63, 3.8) is 0 Å². The van der Waals surface area contributed by atoms with Crippen LogP contribution in [0.15, 0.2) is 24.3 Å². The number of rotatable bonds is 8. The molecule has 0 heterocycles. The highest BCUT2D eigenvalue weighted by atomic mass is 19.3. The van der Waals surface area contributed by atoms with Crippen LogP contribution >= 0.6 is 0 Å². The third-order valence-electron chi connectivity index (χ3n) is 2.69. The van der Waals surface area contributed by atoms with E-state index < -0.39 is 6.61 Å². The highest BCUT2D eigenvalue weighted by Crippen LogP contribution is 2.16. The van der Waals surface area contributed by atoms with Gasteiger partial charge in [0.25, 0.3) is 0 Å². The Morgan fingerprint density at radius 1 is 1.45 bits per heavy atom. The van der Waals surface area contributed by atoms with Crippen LogP contribution in [0, 0.1) is 0 Å². The van der Waals surface area contributed by atoms with Crippen molar-refractivity contribution in [3.8, 4) is 5.75 Å². The van der Waals surface area contributed by atoms with E-state index in [0.29, 0.717) is 18.4 Å². The second kappa shape index (κ2) is 8.47. The second-order valence-electron chi connectivity index (χ2n) is 4.54. The fourth-order valence-corrected chi connectivity index (χ4v) is 1.81. The molecular formula is C14H19F2NO3. The van der Waals surface area contributed by atoms with Crippen molar-refractivity contribution < 1.29 is 23.4 Å². The van der Waals surface area contributed by atoms with E-state index in [1.807, 2.05) is 6.92 Å². The standard InChI is InChI=1S/C14H19F2NO3/c1-10(4-3-7-18)17-13(19)9-11-5-2-6-12(8-11)20-14(15)16/h2,5-6,8,10,14,18H,3-4,7,9H2,1H3,(H,17,19). The molecule has 1 atom stereocenters. The molecule has 0 spiro atoms. The summed E-state index contributed by atoms with van der Waals surface area (Å²) >= 11 is 0. The fraction of sp³-hybridized carbons (Fsp3) is 0.500. The van der Waals surface area contributed by atoms with Gasteiger partial charge in [-0.2, -0.15) is 8.78 Å². The zero-order valence-electron chi connectivity index (χ0n) is 11.3. The summed E-state index contributed by atoms with van der Waals surface area (Å²) < 4.78 is 28.4. The predicted molar refractivity (Wildman–Crippen MR) is 70.7 cm³/mol. The third-order valence-corrected chi connectivity index (χ3v) is 2.69. The zero-order chi connectivity index (χ0) is 15.0. The first-order valence-corrected chi connectivity index (χ1v) is 6.45. The molecule has 0 bridgehead atoms. The van der Waals surface area contributed by atoms with Gasteiger partial charge in [-0.15, -0.1) is 0 Å². The lowest BCUT2D eigenvalue weighted by Gasteiger charge is -2.13. The summed E-state index contributed by atoms with van der Waals surface area (Å²) in [5.41, 5.74) is 0.606. The molecule has 0 aliphatic carbocycles. The van der Waals surface area contributed by atoms with Crippen LogP contribution in [-0.2, 0) is 11.2 Å².